The Morgan fingerprint density at radius 1 is 1.08 bits per heavy atom. The molecule has 25 heavy (non-hydrogen) atoms. The summed E-state index contributed by atoms with van der Waals surface area (Å²) in [7, 11) is 1.42. The second kappa shape index (κ2) is 13.8. The van der Waals surface area contributed by atoms with Gasteiger partial charge in [0.2, 0.25) is 11.6 Å². The van der Waals surface area contributed by atoms with Crippen LogP contribution >= 0.6 is 0 Å². The van der Waals surface area contributed by atoms with E-state index in [-0.39, 0.29) is 12.3 Å². The molecule has 0 aliphatic rings. The lowest BCUT2D eigenvalue weighted by Crippen LogP contribution is -2.67. The van der Waals surface area contributed by atoms with E-state index in [4.69, 9.17) is 0 Å². The van der Waals surface area contributed by atoms with E-state index in [1.807, 2.05) is 6.92 Å². The minimum Gasteiger partial charge on any atom is -0.366 e. The van der Waals surface area contributed by atoms with Gasteiger partial charge in [0.05, 0.1) is 6.04 Å². The summed E-state index contributed by atoms with van der Waals surface area (Å²) in [6.45, 7) is 4.55. The Balaban J connectivity index is 4.70. The lowest BCUT2D eigenvalue weighted by Gasteiger charge is -2.34. The zero-order valence-corrected chi connectivity index (χ0v) is 15.9. The van der Waals surface area contributed by atoms with Crippen molar-refractivity contribution in [3.8, 4) is 0 Å². The third kappa shape index (κ3) is 8.97. The summed E-state index contributed by atoms with van der Waals surface area (Å²) in [5.74, 6) is -0.906. The molecule has 0 heterocycles. The second-order valence-corrected chi connectivity index (χ2v) is 6.31. The van der Waals surface area contributed by atoms with Crippen LogP contribution < -0.4 is 16.0 Å². The van der Waals surface area contributed by atoms with Gasteiger partial charge in [-0.05, 0) is 19.9 Å². The van der Waals surface area contributed by atoms with E-state index in [0.29, 0.717) is 19.3 Å². The van der Waals surface area contributed by atoms with Gasteiger partial charge in [-0.25, -0.2) is 0 Å². The monoisotopic (exact) mass is 357 g/mol. The van der Waals surface area contributed by atoms with Gasteiger partial charge in [0.1, 0.15) is 6.29 Å². The molecule has 1 unspecified atom stereocenters. The third-order valence-electron chi connectivity index (χ3n) is 4.22. The first-order valence-electron chi connectivity index (χ1n) is 9.38. The largest absolute Gasteiger partial charge is 0.366 e. The van der Waals surface area contributed by atoms with Gasteiger partial charge in [0.15, 0.2) is 0 Å². The zero-order chi connectivity index (χ0) is 19.1. The molecule has 0 fully saturated rings. The molecule has 0 rings (SSSR count). The normalized spacial score (nSPS) is 14.4. The first kappa shape index (κ1) is 23.5. The molecule has 0 saturated carbocycles. The number of carbonyl (C=O) groups excluding carboxylic acids is 3. The highest BCUT2D eigenvalue weighted by Crippen LogP contribution is 2.12. The first-order chi connectivity index (χ1) is 12.0. The fourth-order valence-corrected chi connectivity index (χ4v) is 2.55. The van der Waals surface area contributed by atoms with E-state index in [1.54, 1.807) is 0 Å². The molecule has 4 N–H and O–H groups in total. The van der Waals surface area contributed by atoms with Crippen molar-refractivity contribution in [2.45, 2.75) is 83.4 Å². The van der Waals surface area contributed by atoms with Gasteiger partial charge in [-0.2, -0.15) is 0 Å². The van der Waals surface area contributed by atoms with Crippen LogP contribution in [0.4, 0.5) is 0 Å². The fourth-order valence-electron chi connectivity index (χ4n) is 2.55. The molecule has 0 radical (unpaired) electrons. The predicted octanol–water partition coefficient (Wildman–Crippen LogP) is 1.25. The number of amides is 2. The number of hydrogen-bond donors (Lipinski definition) is 4. The summed E-state index contributed by atoms with van der Waals surface area (Å²) in [4.78, 5) is 35.4. The summed E-state index contributed by atoms with van der Waals surface area (Å²) in [6.07, 6.45) is 7.53. The van der Waals surface area contributed by atoms with Crippen LogP contribution in [0.5, 0.6) is 0 Å². The third-order valence-corrected chi connectivity index (χ3v) is 4.22. The van der Waals surface area contributed by atoms with Crippen molar-refractivity contribution >= 4 is 18.1 Å². The Morgan fingerprint density at radius 2 is 1.72 bits per heavy atom. The van der Waals surface area contributed by atoms with Crippen molar-refractivity contribution < 1.29 is 19.5 Å². The van der Waals surface area contributed by atoms with Gasteiger partial charge in [0, 0.05) is 19.4 Å². The molecule has 0 bridgehead atoms. The van der Waals surface area contributed by atoms with Crippen molar-refractivity contribution in [3.05, 3.63) is 0 Å². The molecular formula is C18H35N3O4. The molecule has 0 spiro atoms. The smallest absolute Gasteiger partial charge is 0.269 e. The van der Waals surface area contributed by atoms with Crippen molar-refractivity contribution in [3.63, 3.8) is 0 Å². The van der Waals surface area contributed by atoms with Crippen LogP contribution in [0.1, 0.15) is 71.6 Å². The quantitative estimate of drug-likeness (QED) is 0.200. The lowest BCUT2D eigenvalue weighted by atomic mass is 9.99. The molecule has 0 aromatic heterocycles. The number of hydrogen-bond acceptors (Lipinski definition) is 5. The maximum absolute atomic E-state index is 12.3. The summed E-state index contributed by atoms with van der Waals surface area (Å²) in [5.41, 5.74) is -2.02. The van der Waals surface area contributed by atoms with E-state index in [2.05, 4.69) is 22.9 Å². The highest BCUT2D eigenvalue weighted by molar-refractivity contribution is 5.87. The predicted molar refractivity (Wildman–Crippen MR) is 97.9 cm³/mol. The summed E-state index contributed by atoms with van der Waals surface area (Å²) in [5, 5.41) is 18.5. The zero-order valence-electron chi connectivity index (χ0n) is 15.9. The average molecular weight is 357 g/mol. The van der Waals surface area contributed by atoms with Crippen LogP contribution in [-0.2, 0) is 14.4 Å². The number of aldehydes is 1. The van der Waals surface area contributed by atoms with Crippen LogP contribution in [-0.4, -0.2) is 48.6 Å². The highest BCUT2D eigenvalue weighted by Gasteiger charge is 2.43. The minimum atomic E-state index is -2.02. The van der Waals surface area contributed by atoms with Crippen molar-refractivity contribution in [2.75, 3.05) is 13.6 Å². The summed E-state index contributed by atoms with van der Waals surface area (Å²) in [6, 6.07) is -1.01. The minimum absolute atomic E-state index is 0.153. The molecule has 0 aromatic carbocycles. The standard InChI is InChI=1S/C18H35N3O4/c1-4-6-8-9-10-11-16(23)21-15(12-14-22)18(25,19-3)17(24)20-13-7-5-2/h14-15,19,25H,4-13H2,1-3H3,(H,20,24)(H,21,23)/t15-,18?/m1/s1. The van der Waals surface area contributed by atoms with Crippen molar-refractivity contribution in [2.24, 2.45) is 0 Å². The number of aliphatic hydroxyl groups is 1. The Kier molecular flexibility index (Phi) is 13.0. The van der Waals surface area contributed by atoms with Gasteiger partial charge in [-0.15, -0.1) is 0 Å². The van der Waals surface area contributed by atoms with Gasteiger partial charge < -0.3 is 20.5 Å². The molecular weight excluding hydrogens is 322 g/mol. The van der Waals surface area contributed by atoms with Gasteiger partial charge >= 0.3 is 0 Å². The van der Waals surface area contributed by atoms with E-state index < -0.39 is 17.7 Å². The number of carbonyl (C=O) groups is 3. The molecule has 146 valence electrons. The molecule has 0 aliphatic carbocycles. The van der Waals surface area contributed by atoms with E-state index in [9.17, 15) is 19.5 Å². The van der Waals surface area contributed by atoms with E-state index in [1.165, 1.54) is 7.05 Å². The molecule has 7 heteroatoms. The number of nitrogens with one attached hydrogen (secondary N) is 3. The molecule has 2 atom stereocenters. The SMILES string of the molecule is CCCCCCCC(=O)N[C@H](CC=O)C(O)(NC)C(=O)NCCCC. The van der Waals surface area contributed by atoms with Crippen molar-refractivity contribution in [1.82, 2.24) is 16.0 Å². The maximum atomic E-state index is 12.3. The average Bonchev–Trinajstić information content (AvgIpc) is 2.60. The molecule has 2 amide bonds. The lowest BCUT2D eigenvalue weighted by molar-refractivity contribution is -0.148. The maximum Gasteiger partial charge on any atom is 0.269 e. The molecule has 0 aromatic rings. The first-order valence-corrected chi connectivity index (χ1v) is 9.38. The molecule has 0 saturated heterocycles. The Labute approximate surface area is 151 Å². The second-order valence-electron chi connectivity index (χ2n) is 6.31. The number of unbranched alkanes of at least 4 members (excludes halogenated alkanes) is 5. The van der Waals surface area contributed by atoms with Crippen LogP contribution in [0.15, 0.2) is 0 Å². The van der Waals surface area contributed by atoms with E-state index >= 15 is 0 Å². The number of rotatable bonds is 15. The number of likely N-dealkylation sites (N-methyl/N-ethyl adjacent to an activating group) is 1. The van der Waals surface area contributed by atoms with Crippen molar-refractivity contribution in [1.29, 1.82) is 0 Å². The van der Waals surface area contributed by atoms with Crippen LogP contribution in [0.25, 0.3) is 0 Å². The molecule has 0 aliphatic heterocycles. The fraction of sp³-hybridized carbons (Fsp3) is 0.833. The van der Waals surface area contributed by atoms with Gasteiger partial charge in [-0.1, -0.05) is 46.0 Å². The summed E-state index contributed by atoms with van der Waals surface area (Å²) < 4.78 is 0. The van der Waals surface area contributed by atoms with Gasteiger partial charge in [-0.3, -0.25) is 14.9 Å². The Hall–Kier alpha value is -1.47. The van der Waals surface area contributed by atoms with Crippen LogP contribution in [0.3, 0.4) is 0 Å². The summed E-state index contributed by atoms with van der Waals surface area (Å²) >= 11 is 0. The Morgan fingerprint density at radius 3 is 2.28 bits per heavy atom. The van der Waals surface area contributed by atoms with Crippen LogP contribution in [0.2, 0.25) is 0 Å². The van der Waals surface area contributed by atoms with E-state index in [0.717, 1.165) is 44.9 Å². The van der Waals surface area contributed by atoms with Gasteiger partial charge in [0.25, 0.3) is 5.91 Å². The topological polar surface area (TPSA) is 108 Å². The van der Waals surface area contributed by atoms with Crippen LogP contribution in [0, 0.1) is 0 Å². The highest BCUT2D eigenvalue weighted by atomic mass is 16.3. The Bertz CT molecular complexity index is 404. The molecule has 7 nitrogen and oxygen atoms in total.